The van der Waals surface area contributed by atoms with Crippen LogP contribution in [-0.4, -0.2) is 51.0 Å². The molecule has 2 aromatic rings. The summed E-state index contributed by atoms with van der Waals surface area (Å²) in [6.45, 7) is 3.88. The van der Waals surface area contributed by atoms with Gasteiger partial charge in [0.25, 0.3) is 5.91 Å². The molecule has 1 atom stereocenters. The van der Waals surface area contributed by atoms with Crippen molar-refractivity contribution in [1.82, 2.24) is 25.2 Å². The molecule has 4 rings (SSSR count). The highest BCUT2D eigenvalue weighted by Gasteiger charge is 2.30. The second-order valence-corrected chi connectivity index (χ2v) is 8.45. The van der Waals surface area contributed by atoms with Gasteiger partial charge < -0.3 is 5.32 Å². The third-order valence-corrected chi connectivity index (χ3v) is 6.29. The Hall–Kier alpha value is -1.92. The van der Waals surface area contributed by atoms with Crippen LogP contribution in [-0.2, 0) is 0 Å². The van der Waals surface area contributed by atoms with E-state index in [1.807, 2.05) is 31.2 Å². The highest BCUT2D eigenvalue weighted by Crippen LogP contribution is 2.25. The molecule has 0 spiro atoms. The average Bonchev–Trinajstić information content (AvgIpc) is 3.19. The summed E-state index contributed by atoms with van der Waals surface area (Å²) in [5.74, 6) is -0.140. The molecule has 2 fully saturated rings. The Bertz CT molecular complexity index is 828. The van der Waals surface area contributed by atoms with Crippen molar-refractivity contribution >= 4 is 17.5 Å². The highest BCUT2D eigenvalue weighted by molar-refractivity contribution is 6.30. The van der Waals surface area contributed by atoms with Crippen LogP contribution in [0.1, 0.15) is 61.1 Å². The van der Waals surface area contributed by atoms with Crippen molar-refractivity contribution in [2.24, 2.45) is 0 Å². The van der Waals surface area contributed by atoms with Gasteiger partial charge in [-0.05, 0) is 44.4 Å². The van der Waals surface area contributed by atoms with E-state index in [0.29, 0.717) is 16.8 Å². The Morgan fingerprint density at radius 3 is 2.71 bits per heavy atom. The molecular weight excluding hydrogens is 374 g/mol. The molecule has 1 amide bonds. The van der Waals surface area contributed by atoms with Gasteiger partial charge in [0.2, 0.25) is 0 Å². The van der Waals surface area contributed by atoms with Crippen LogP contribution in [0.4, 0.5) is 0 Å². The first-order valence-electron chi connectivity index (χ1n) is 10.3. The van der Waals surface area contributed by atoms with E-state index in [4.69, 9.17) is 11.6 Å². The van der Waals surface area contributed by atoms with E-state index < -0.39 is 0 Å². The summed E-state index contributed by atoms with van der Waals surface area (Å²) in [4.78, 5) is 15.4. The Kier molecular flexibility index (Phi) is 5.97. The van der Waals surface area contributed by atoms with Crippen molar-refractivity contribution in [1.29, 1.82) is 0 Å². The molecule has 6 nitrogen and oxygen atoms in total. The lowest BCUT2D eigenvalue weighted by atomic mass is 10.1. The number of hydrogen-bond acceptors (Lipinski definition) is 4. The predicted octanol–water partition coefficient (Wildman–Crippen LogP) is 3.76. The average molecular weight is 402 g/mol. The maximum absolute atomic E-state index is 12.8. The molecule has 0 radical (unpaired) electrons. The minimum Gasteiger partial charge on any atom is -0.347 e. The largest absolute Gasteiger partial charge is 0.347 e. The van der Waals surface area contributed by atoms with Crippen LogP contribution >= 0.6 is 11.6 Å². The molecule has 28 heavy (non-hydrogen) atoms. The summed E-state index contributed by atoms with van der Waals surface area (Å²) < 4.78 is 1.66. The fraction of sp³-hybridized carbons (Fsp3) is 0.571. The van der Waals surface area contributed by atoms with Gasteiger partial charge in [0.1, 0.15) is 0 Å². The topological polar surface area (TPSA) is 63.1 Å². The van der Waals surface area contributed by atoms with Gasteiger partial charge in [-0.15, -0.1) is 5.10 Å². The Labute approximate surface area is 171 Å². The van der Waals surface area contributed by atoms with E-state index in [2.05, 4.69) is 20.5 Å². The number of carbonyl (C=O) groups excluding carboxylic acids is 1. The minimum atomic E-state index is -0.140. The van der Waals surface area contributed by atoms with Crippen LogP contribution in [0.15, 0.2) is 24.3 Å². The summed E-state index contributed by atoms with van der Waals surface area (Å²) in [5.41, 5.74) is 1.91. The van der Waals surface area contributed by atoms with Crippen molar-refractivity contribution in [3.63, 3.8) is 0 Å². The van der Waals surface area contributed by atoms with Gasteiger partial charge in [-0.2, -0.15) is 0 Å². The molecule has 1 aliphatic carbocycles. The molecule has 1 aromatic heterocycles. The fourth-order valence-corrected chi connectivity index (χ4v) is 4.69. The van der Waals surface area contributed by atoms with Gasteiger partial charge in [0.15, 0.2) is 5.69 Å². The van der Waals surface area contributed by atoms with Gasteiger partial charge in [-0.3, -0.25) is 9.69 Å². The number of hydrogen-bond donors (Lipinski definition) is 1. The number of aromatic nitrogens is 3. The summed E-state index contributed by atoms with van der Waals surface area (Å²) in [6.07, 6.45) is 9.01. The molecule has 1 saturated carbocycles. The summed E-state index contributed by atoms with van der Waals surface area (Å²) in [5, 5.41) is 12.1. The normalized spacial score (nSPS) is 21.6. The van der Waals surface area contributed by atoms with Crippen LogP contribution in [0.3, 0.4) is 0 Å². The number of nitrogens with zero attached hydrogens (tertiary/aromatic N) is 4. The molecule has 150 valence electrons. The minimum absolute atomic E-state index is 0.140. The lowest BCUT2D eigenvalue weighted by Gasteiger charge is -2.26. The van der Waals surface area contributed by atoms with E-state index in [0.717, 1.165) is 30.9 Å². The monoisotopic (exact) mass is 401 g/mol. The van der Waals surface area contributed by atoms with Crippen molar-refractivity contribution in [2.75, 3.05) is 13.1 Å². The van der Waals surface area contributed by atoms with Gasteiger partial charge in [-0.25, -0.2) is 4.68 Å². The fourth-order valence-electron chi connectivity index (χ4n) is 4.51. The SMILES string of the molecule is Cc1c(C(=O)NC2CCN(C3CCCCCC3)C2)nnn1-c1cccc(Cl)c1. The van der Waals surface area contributed by atoms with Crippen molar-refractivity contribution in [3.05, 3.63) is 40.7 Å². The van der Waals surface area contributed by atoms with E-state index >= 15 is 0 Å². The van der Waals surface area contributed by atoms with E-state index in [1.54, 1.807) is 4.68 Å². The Balaban J connectivity index is 1.39. The van der Waals surface area contributed by atoms with E-state index in [-0.39, 0.29) is 11.9 Å². The zero-order chi connectivity index (χ0) is 19.5. The standard InChI is InChI=1S/C21H28ClN5O/c1-15-20(24-25-27(15)19-10-6-7-16(22)13-19)21(28)23-17-11-12-26(14-17)18-8-4-2-3-5-9-18/h6-7,10,13,17-18H,2-5,8-9,11-12,14H2,1H3,(H,23,28). The van der Waals surface area contributed by atoms with Crippen molar-refractivity contribution in [3.8, 4) is 5.69 Å². The summed E-state index contributed by atoms with van der Waals surface area (Å²) in [6, 6.07) is 8.26. The van der Waals surface area contributed by atoms with Crippen LogP contribution in [0, 0.1) is 6.92 Å². The second-order valence-electron chi connectivity index (χ2n) is 8.01. The molecule has 1 N–H and O–H groups in total. The number of carbonyl (C=O) groups is 1. The quantitative estimate of drug-likeness (QED) is 0.792. The lowest BCUT2D eigenvalue weighted by Crippen LogP contribution is -2.40. The van der Waals surface area contributed by atoms with Gasteiger partial charge in [0.05, 0.1) is 11.4 Å². The Morgan fingerprint density at radius 1 is 1.18 bits per heavy atom. The zero-order valence-electron chi connectivity index (χ0n) is 16.4. The second kappa shape index (κ2) is 8.62. The zero-order valence-corrected chi connectivity index (χ0v) is 17.2. The molecule has 7 heteroatoms. The molecule has 0 bridgehead atoms. The molecular formula is C21H28ClN5O. The maximum Gasteiger partial charge on any atom is 0.274 e. The smallest absolute Gasteiger partial charge is 0.274 e. The number of rotatable bonds is 4. The molecule has 1 saturated heterocycles. The number of benzene rings is 1. The first kappa shape index (κ1) is 19.4. The number of halogens is 1. The summed E-state index contributed by atoms with van der Waals surface area (Å²) in [7, 11) is 0. The van der Waals surface area contributed by atoms with Crippen LogP contribution in [0.25, 0.3) is 5.69 Å². The highest BCUT2D eigenvalue weighted by atomic mass is 35.5. The lowest BCUT2D eigenvalue weighted by molar-refractivity contribution is 0.0930. The third-order valence-electron chi connectivity index (χ3n) is 6.06. The van der Waals surface area contributed by atoms with Crippen LogP contribution in [0.5, 0.6) is 0 Å². The Morgan fingerprint density at radius 2 is 1.96 bits per heavy atom. The van der Waals surface area contributed by atoms with E-state index in [1.165, 1.54) is 38.5 Å². The first-order valence-corrected chi connectivity index (χ1v) is 10.7. The van der Waals surface area contributed by atoms with Crippen LogP contribution < -0.4 is 5.32 Å². The third kappa shape index (κ3) is 4.23. The van der Waals surface area contributed by atoms with Gasteiger partial charge >= 0.3 is 0 Å². The molecule has 1 aromatic carbocycles. The molecule has 1 unspecified atom stereocenters. The number of nitrogens with one attached hydrogen (secondary N) is 1. The van der Waals surface area contributed by atoms with Crippen LogP contribution in [0.2, 0.25) is 5.02 Å². The van der Waals surface area contributed by atoms with Gasteiger partial charge in [0, 0.05) is 30.2 Å². The number of likely N-dealkylation sites (tertiary alicyclic amines) is 1. The summed E-state index contributed by atoms with van der Waals surface area (Å²) >= 11 is 6.07. The van der Waals surface area contributed by atoms with Crippen molar-refractivity contribution < 1.29 is 4.79 Å². The molecule has 2 heterocycles. The first-order chi connectivity index (χ1) is 13.6. The maximum atomic E-state index is 12.8. The molecule has 1 aliphatic heterocycles. The molecule has 2 aliphatic rings. The van der Waals surface area contributed by atoms with Gasteiger partial charge in [-0.1, -0.05) is 48.6 Å². The number of amides is 1. The van der Waals surface area contributed by atoms with Crippen molar-refractivity contribution in [2.45, 2.75) is 64.0 Å². The predicted molar refractivity (Wildman–Crippen MR) is 110 cm³/mol. The van der Waals surface area contributed by atoms with E-state index in [9.17, 15) is 4.79 Å².